The molecule has 0 unspecified atom stereocenters. The molecule has 0 aliphatic heterocycles. The van der Waals surface area contributed by atoms with Crippen molar-refractivity contribution in [3.05, 3.63) is 27.8 Å². The molecule has 0 aliphatic carbocycles. The standard InChI is InChI=1S/C10H11ClFNO5S/c1-7-5-9(18-4-2-3-12)8(13(14)15)6-10(7)19(11,16)17/h5-6H,2-4H2,1H3. The molecule has 0 atom stereocenters. The number of benzene rings is 1. The smallest absolute Gasteiger partial charge is 0.312 e. The summed E-state index contributed by atoms with van der Waals surface area (Å²) in [5.41, 5.74) is -0.306. The van der Waals surface area contributed by atoms with Gasteiger partial charge in [0.05, 0.1) is 23.1 Å². The first-order chi connectivity index (χ1) is 8.77. The minimum Gasteiger partial charge on any atom is -0.487 e. The van der Waals surface area contributed by atoms with E-state index in [9.17, 15) is 22.9 Å². The SMILES string of the molecule is Cc1cc(OCCCF)c([N+](=O)[O-])cc1S(=O)(=O)Cl. The molecule has 1 aromatic rings. The maximum absolute atomic E-state index is 11.9. The number of nitro groups is 1. The molecule has 0 N–H and O–H groups in total. The predicted octanol–water partition coefficient (Wildman–Crippen LogP) is 2.57. The highest BCUT2D eigenvalue weighted by molar-refractivity contribution is 8.13. The Labute approximate surface area is 113 Å². The highest BCUT2D eigenvalue weighted by Gasteiger charge is 2.23. The van der Waals surface area contributed by atoms with Crippen LogP contribution in [-0.4, -0.2) is 26.6 Å². The fourth-order valence-electron chi connectivity index (χ4n) is 1.41. The molecule has 0 spiro atoms. The van der Waals surface area contributed by atoms with E-state index in [1.165, 1.54) is 13.0 Å². The molecule has 0 saturated carbocycles. The van der Waals surface area contributed by atoms with E-state index < -0.39 is 26.3 Å². The average molecular weight is 312 g/mol. The largest absolute Gasteiger partial charge is 0.487 e. The third-order valence-electron chi connectivity index (χ3n) is 2.25. The van der Waals surface area contributed by atoms with Gasteiger partial charge in [0.25, 0.3) is 9.05 Å². The monoisotopic (exact) mass is 311 g/mol. The van der Waals surface area contributed by atoms with Crippen LogP contribution in [0.4, 0.5) is 10.1 Å². The quantitative estimate of drug-likeness (QED) is 0.349. The molecular formula is C10H11ClFNO5S. The number of alkyl halides is 1. The van der Waals surface area contributed by atoms with E-state index in [-0.39, 0.29) is 29.2 Å². The van der Waals surface area contributed by atoms with Gasteiger partial charge in [0.15, 0.2) is 5.75 Å². The summed E-state index contributed by atoms with van der Waals surface area (Å²) in [7, 11) is 1.10. The van der Waals surface area contributed by atoms with Crippen molar-refractivity contribution in [2.24, 2.45) is 0 Å². The van der Waals surface area contributed by atoms with Crippen molar-refractivity contribution >= 4 is 25.4 Å². The van der Waals surface area contributed by atoms with Crippen LogP contribution in [0.15, 0.2) is 17.0 Å². The van der Waals surface area contributed by atoms with Gasteiger partial charge in [0.2, 0.25) is 0 Å². The lowest BCUT2D eigenvalue weighted by Crippen LogP contribution is -2.04. The number of hydrogen-bond donors (Lipinski definition) is 0. The fraction of sp³-hybridized carbons (Fsp3) is 0.400. The maximum Gasteiger partial charge on any atom is 0.312 e. The van der Waals surface area contributed by atoms with Gasteiger partial charge in [-0.2, -0.15) is 0 Å². The van der Waals surface area contributed by atoms with E-state index in [0.717, 1.165) is 6.07 Å². The van der Waals surface area contributed by atoms with Gasteiger partial charge in [0, 0.05) is 23.2 Å². The van der Waals surface area contributed by atoms with Crippen LogP contribution in [-0.2, 0) is 9.05 Å². The molecule has 0 radical (unpaired) electrons. The van der Waals surface area contributed by atoms with Crippen molar-refractivity contribution in [3.8, 4) is 5.75 Å². The van der Waals surface area contributed by atoms with Gasteiger partial charge < -0.3 is 4.74 Å². The second-order valence-corrected chi connectivity index (χ2v) is 6.21. The number of nitro benzene ring substituents is 1. The summed E-state index contributed by atoms with van der Waals surface area (Å²) in [5, 5.41) is 10.9. The van der Waals surface area contributed by atoms with Gasteiger partial charge in [-0.1, -0.05) is 0 Å². The normalized spacial score (nSPS) is 11.3. The Bertz CT molecular complexity index is 590. The second kappa shape index (κ2) is 6.16. The molecule has 0 aromatic heterocycles. The molecule has 0 heterocycles. The van der Waals surface area contributed by atoms with Gasteiger partial charge in [-0.25, -0.2) is 8.42 Å². The molecule has 0 amide bonds. The summed E-state index contributed by atoms with van der Waals surface area (Å²) in [5.74, 6) is -0.111. The summed E-state index contributed by atoms with van der Waals surface area (Å²) >= 11 is 0. The average Bonchev–Trinajstić information content (AvgIpc) is 2.27. The molecule has 19 heavy (non-hydrogen) atoms. The zero-order valence-corrected chi connectivity index (χ0v) is 11.5. The van der Waals surface area contributed by atoms with Gasteiger partial charge >= 0.3 is 5.69 Å². The van der Waals surface area contributed by atoms with E-state index in [1.807, 2.05) is 0 Å². The zero-order chi connectivity index (χ0) is 14.6. The Morgan fingerprint density at radius 2 is 2.11 bits per heavy atom. The molecule has 9 heteroatoms. The summed E-state index contributed by atoms with van der Waals surface area (Å²) in [6.07, 6.45) is 0.0890. The van der Waals surface area contributed by atoms with Crippen LogP contribution in [0.2, 0.25) is 0 Å². The highest BCUT2D eigenvalue weighted by atomic mass is 35.7. The lowest BCUT2D eigenvalue weighted by Gasteiger charge is -2.09. The first-order valence-electron chi connectivity index (χ1n) is 5.20. The van der Waals surface area contributed by atoms with Crippen molar-refractivity contribution in [2.45, 2.75) is 18.2 Å². The molecule has 1 aromatic carbocycles. The van der Waals surface area contributed by atoms with Gasteiger partial charge in [-0.15, -0.1) is 0 Å². The fourth-order valence-corrected chi connectivity index (χ4v) is 2.60. The van der Waals surface area contributed by atoms with E-state index in [0.29, 0.717) is 0 Å². The maximum atomic E-state index is 11.9. The second-order valence-electron chi connectivity index (χ2n) is 3.67. The van der Waals surface area contributed by atoms with Crippen LogP contribution >= 0.6 is 10.7 Å². The third-order valence-corrected chi connectivity index (χ3v) is 3.72. The summed E-state index contributed by atoms with van der Waals surface area (Å²) in [4.78, 5) is 9.73. The molecule has 1 rings (SSSR count). The molecule has 0 saturated heterocycles. The topological polar surface area (TPSA) is 86.5 Å². The van der Waals surface area contributed by atoms with Crippen LogP contribution < -0.4 is 4.74 Å². The number of hydrogen-bond acceptors (Lipinski definition) is 5. The number of nitrogens with zero attached hydrogens (tertiary/aromatic N) is 1. The molecule has 0 aliphatic rings. The van der Waals surface area contributed by atoms with Crippen molar-refractivity contribution in [1.29, 1.82) is 0 Å². The van der Waals surface area contributed by atoms with E-state index >= 15 is 0 Å². The van der Waals surface area contributed by atoms with Crippen LogP contribution in [0.3, 0.4) is 0 Å². The molecule has 106 valence electrons. The molecule has 6 nitrogen and oxygen atoms in total. The van der Waals surface area contributed by atoms with Gasteiger partial charge in [0.1, 0.15) is 0 Å². The first-order valence-corrected chi connectivity index (χ1v) is 7.50. The lowest BCUT2D eigenvalue weighted by atomic mass is 10.2. The van der Waals surface area contributed by atoms with Crippen molar-refractivity contribution in [1.82, 2.24) is 0 Å². The first kappa shape index (κ1) is 15.6. The van der Waals surface area contributed by atoms with E-state index in [1.54, 1.807) is 0 Å². The Morgan fingerprint density at radius 3 is 2.58 bits per heavy atom. The number of rotatable bonds is 6. The van der Waals surface area contributed by atoms with Crippen LogP contribution in [0.1, 0.15) is 12.0 Å². The Hall–Kier alpha value is -1.41. The van der Waals surface area contributed by atoms with E-state index in [2.05, 4.69) is 0 Å². The van der Waals surface area contributed by atoms with Gasteiger partial charge in [-0.3, -0.25) is 14.5 Å². The molecular weight excluding hydrogens is 301 g/mol. The van der Waals surface area contributed by atoms with Crippen molar-refractivity contribution in [3.63, 3.8) is 0 Å². The van der Waals surface area contributed by atoms with Crippen LogP contribution in [0.5, 0.6) is 5.75 Å². The molecule has 0 bridgehead atoms. The Morgan fingerprint density at radius 1 is 1.47 bits per heavy atom. The van der Waals surface area contributed by atoms with Crippen molar-refractivity contribution < 1.29 is 22.5 Å². The minimum absolute atomic E-state index is 0.0379. The van der Waals surface area contributed by atoms with Gasteiger partial charge in [-0.05, 0) is 18.6 Å². The van der Waals surface area contributed by atoms with Crippen LogP contribution in [0, 0.1) is 17.0 Å². The highest BCUT2D eigenvalue weighted by Crippen LogP contribution is 2.33. The summed E-state index contributed by atoms with van der Waals surface area (Å²) < 4.78 is 39.5. The number of halogens is 2. The Balaban J connectivity index is 3.26. The van der Waals surface area contributed by atoms with Crippen molar-refractivity contribution in [2.75, 3.05) is 13.3 Å². The third kappa shape index (κ3) is 4.03. The summed E-state index contributed by atoms with van der Waals surface area (Å²) in [6, 6.07) is 2.04. The number of ether oxygens (including phenoxy) is 1. The van der Waals surface area contributed by atoms with E-state index in [4.69, 9.17) is 15.4 Å². The Kier molecular flexibility index (Phi) is 5.07. The predicted molar refractivity (Wildman–Crippen MR) is 67.0 cm³/mol. The summed E-state index contributed by atoms with van der Waals surface area (Å²) in [6.45, 7) is 0.783. The zero-order valence-electron chi connectivity index (χ0n) is 9.93. The van der Waals surface area contributed by atoms with Crippen LogP contribution in [0.25, 0.3) is 0 Å². The minimum atomic E-state index is -4.08. The lowest BCUT2D eigenvalue weighted by molar-refractivity contribution is -0.386. The number of aryl methyl sites for hydroxylation is 1. The molecule has 0 fully saturated rings.